The van der Waals surface area contributed by atoms with Crippen molar-refractivity contribution in [3.63, 3.8) is 0 Å². The lowest BCUT2D eigenvalue weighted by Crippen LogP contribution is -2.01. The van der Waals surface area contributed by atoms with Crippen LogP contribution in [0.2, 0.25) is 5.28 Å². The largest absolute Gasteiger partial charge is 0.464 e. The number of nitrogens with zero attached hydrogens (tertiary/aromatic N) is 4. The Morgan fingerprint density at radius 3 is 2.71 bits per heavy atom. The van der Waals surface area contributed by atoms with Crippen LogP contribution in [0.1, 0.15) is 12.6 Å². The lowest BCUT2D eigenvalue weighted by Gasteiger charge is -2.03. The molecule has 2 rings (SSSR count). The van der Waals surface area contributed by atoms with Gasteiger partial charge in [-0.3, -0.25) is 5.10 Å². The molecule has 0 radical (unpaired) electrons. The average molecular weight is 256 g/mol. The minimum atomic E-state index is 0.00528. The van der Waals surface area contributed by atoms with E-state index >= 15 is 0 Å². The van der Waals surface area contributed by atoms with E-state index in [1.807, 2.05) is 13.8 Å². The number of aromatic amines is 1. The van der Waals surface area contributed by atoms with E-state index in [9.17, 15) is 0 Å². The first-order valence-electron chi connectivity index (χ1n) is 4.91. The molecular formula is C9H10ClN5O2. The average Bonchev–Trinajstić information content (AvgIpc) is 2.63. The fraction of sp³-hybridized carbons (Fsp3) is 0.333. The van der Waals surface area contributed by atoms with Gasteiger partial charge in [-0.05, 0) is 25.4 Å². The van der Waals surface area contributed by atoms with Crippen molar-refractivity contribution in [3.05, 3.63) is 17.0 Å². The SMILES string of the molecule is CCOc1nc(Cl)nc(Oc2cc(C)[nH]n2)n1. The first-order valence-corrected chi connectivity index (χ1v) is 5.29. The summed E-state index contributed by atoms with van der Waals surface area (Å²) >= 11 is 5.71. The molecule has 1 N–H and O–H groups in total. The normalized spacial score (nSPS) is 10.3. The number of hydrogen-bond donors (Lipinski definition) is 1. The van der Waals surface area contributed by atoms with Crippen molar-refractivity contribution in [3.8, 4) is 17.9 Å². The summed E-state index contributed by atoms with van der Waals surface area (Å²) in [4.78, 5) is 11.5. The van der Waals surface area contributed by atoms with Crippen LogP contribution < -0.4 is 9.47 Å². The van der Waals surface area contributed by atoms with E-state index in [0.29, 0.717) is 12.5 Å². The number of aryl methyl sites for hydroxylation is 1. The summed E-state index contributed by atoms with van der Waals surface area (Å²) in [5.74, 6) is 0.354. The fourth-order valence-corrected chi connectivity index (χ4v) is 1.24. The van der Waals surface area contributed by atoms with Crippen LogP contribution in [-0.2, 0) is 0 Å². The molecule has 7 nitrogen and oxygen atoms in total. The molecule has 0 fully saturated rings. The molecule has 0 unspecified atom stereocenters. The molecule has 0 aromatic carbocycles. The summed E-state index contributed by atoms with van der Waals surface area (Å²) in [7, 11) is 0. The lowest BCUT2D eigenvalue weighted by molar-refractivity contribution is 0.302. The van der Waals surface area contributed by atoms with Crippen molar-refractivity contribution in [1.29, 1.82) is 0 Å². The van der Waals surface area contributed by atoms with Crippen LogP contribution in [0.25, 0.3) is 0 Å². The molecule has 2 heterocycles. The lowest BCUT2D eigenvalue weighted by atomic mass is 10.5. The zero-order valence-electron chi connectivity index (χ0n) is 9.27. The Morgan fingerprint density at radius 1 is 1.29 bits per heavy atom. The second kappa shape index (κ2) is 4.96. The molecule has 0 saturated heterocycles. The molecule has 0 aliphatic heterocycles. The van der Waals surface area contributed by atoms with Gasteiger partial charge < -0.3 is 9.47 Å². The highest BCUT2D eigenvalue weighted by atomic mass is 35.5. The Labute approximate surface area is 102 Å². The third-order valence-corrected chi connectivity index (χ3v) is 1.89. The number of nitrogens with one attached hydrogen (secondary N) is 1. The maximum absolute atomic E-state index is 5.71. The number of H-pyrrole nitrogens is 1. The van der Waals surface area contributed by atoms with Gasteiger partial charge in [0.25, 0.3) is 0 Å². The zero-order valence-corrected chi connectivity index (χ0v) is 10.0. The van der Waals surface area contributed by atoms with E-state index in [1.165, 1.54) is 0 Å². The van der Waals surface area contributed by atoms with Gasteiger partial charge in [-0.2, -0.15) is 9.97 Å². The Morgan fingerprint density at radius 2 is 2.06 bits per heavy atom. The maximum atomic E-state index is 5.71. The van der Waals surface area contributed by atoms with Gasteiger partial charge in [0.2, 0.25) is 11.2 Å². The zero-order chi connectivity index (χ0) is 12.3. The molecule has 0 aliphatic rings. The smallest absolute Gasteiger partial charge is 0.330 e. The number of rotatable bonds is 4. The topological polar surface area (TPSA) is 85.8 Å². The monoisotopic (exact) mass is 255 g/mol. The Hall–Kier alpha value is -1.89. The quantitative estimate of drug-likeness (QED) is 0.896. The molecule has 0 saturated carbocycles. The van der Waals surface area contributed by atoms with Gasteiger partial charge in [-0.1, -0.05) is 0 Å². The minimum Gasteiger partial charge on any atom is -0.464 e. The first-order chi connectivity index (χ1) is 8.17. The third-order valence-electron chi connectivity index (χ3n) is 1.72. The molecule has 0 bridgehead atoms. The third kappa shape index (κ3) is 3.04. The van der Waals surface area contributed by atoms with Crippen LogP contribution in [0.4, 0.5) is 0 Å². The predicted molar refractivity (Wildman–Crippen MR) is 59.4 cm³/mol. The van der Waals surface area contributed by atoms with E-state index < -0.39 is 0 Å². The highest BCUT2D eigenvalue weighted by Gasteiger charge is 2.09. The summed E-state index contributed by atoms with van der Waals surface area (Å²) in [5, 5.41) is 6.62. The Balaban J connectivity index is 2.20. The van der Waals surface area contributed by atoms with E-state index in [2.05, 4.69) is 25.1 Å². The Kier molecular flexibility index (Phi) is 3.38. The highest BCUT2D eigenvalue weighted by molar-refractivity contribution is 6.28. The summed E-state index contributed by atoms with van der Waals surface area (Å²) < 4.78 is 10.4. The minimum absolute atomic E-state index is 0.00528. The van der Waals surface area contributed by atoms with Crippen LogP contribution in [0.15, 0.2) is 6.07 Å². The van der Waals surface area contributed by atoms with Crippen molar-refractivity contribution < 1.29 is 9.47 Å². The molecule has 17 heavy (non-hydrogen) atoms. The van der Waals surface area contributed by atoms with E-state index in [4.69, 9.17) is 21.1 Å². The van der Waals surface area contributed by atoms with Crippen molar-refractivity contribution >= 4 is 11.6 Å². The van der Waals surface area contributed by atoms with Crippen molar-refractivity contribution in [2.24, 2.45) is 0 Å². The summed E-state index contributed by atoms with van der Waals surface area (Å²) in [6, 6.07) is 1.87. The van der Waals surface area contributed by atoms with Crippen LogP contribution >= 0.6 is 11.6 Å². The standard InChI is InChI=1S/C9H10ClN5O2/c1-3-16-8-11-7(10)12-9(13-8)17-6-4-5(2)14-15-6/h4H,3H2,1-2H3,(H,14,15). The van der Waals surface area contributed by atoms with E-state index in [-0.39, 0.29) is 17.3 Å². The number of aromatic nitrogens is 5. The van der Waals surface area contributed by atoms with Gasteiger partial charge in [-0.15, -0.1) is 10.1 Å². The summed E-state index contributed by atoms with van der Waals surface area (Å²) in [6.45, 7) is 4.10. The number of ether oxygens (including phenoxy) is 2. The van der Waals surface area contributed by atoms with E-state index in [0.717, 1.165) is 5.69 Å². The van der Waals surface area contributed by atoms with Crippen LogP contribution in [-0.4, -0.2) is 31.8 Å². The van der Waals surface area contributed by atoms with Gasteiger partial charge >= 0.3 is 12.0 Å². The van der Waals surface area contributed by atoms with Crippen molar-refractivity contribution in [2.75, 3.05) is 6.61 Å². The Bertz CT molecular complexity index is 516. The summed E-state index contributed by atoms with van der Waals surface area (Å²) in [6.07, 6.45) is 0. The molecule has 0 atom stereocenters. The van der Waals surface area contributed by atoms with Gasteiger partial charge in [0.1, 0.15) is 0 Å². The van der Waals surface area contributed by atoms with Gasteiger partial charge in [0, 0.05) is 11.8 Å². The van der Waals surface area contributed by atoms with Gasteiger partial charge in [0.15, 0.2) is 0 Å². The second-order valence-electron chi connectivity index (χ2n) is 3.09. The van der Waals surface area contributed by atoms with Gasteiger partial charge in [-0.25, -0.2) is 0 Å². The maximum Gasteiger partial charge on any atom is 0.330 e. The molecule has 0 spiro atoms. The molecule has 0 aliphatic carbocycles. The van der Waals surface area contributed by atoms with E-state index in [1.54, 1.807) is 6.07 Å². The van der Waals surface area contributed by atoms with Crippen LogP contribution in [0, 0.1) is 6.92 Å². The molecule has 2 aromatic heterocycles. The highest BCUT2D eigenvalue weighted by Crippen LogP contribution is 2.19. The fourth-order valence-electron chi connectivity index (χ4n) is 1.09. The first kappa shape index (κ1) is 11.6. The van der Waals surface area contributed by atoms with Crippen molar-refractivity contribution in [1.82, 2.24) is 25.1 Å². The molecular weight excluding hydrogens is 246 g/mol. The van der Waals surface area contributed by atoms with Crippen LogP contribution in [0.5, 0.6) is 17.9 Å². The van der Waals surface area contributed by atoms with Crippen LogP contribution in [0.3, 0.4) is 0 Å². The molecule has 90 valence electrons. The number of halogens is 1. The summed E-state index contributed by atoms with van der Waals surface area (Å²) in [5.41, 5.74) is 0.866. The predicted octanol–water partition coefficient (Wildman–Crippen LogP) is 1.75. The van der Waals surface area contributed by atoms with Gasteiger partial charge in [0.05, 0.1) is 6.61 Å². The van der Waals surface area contributed by atoms with Crippen molar-refractivity contribution in [2.45, 2.75) is 13.8 Å². The molecule has 0 amide bonds. The second-order valence-corrected chi connectivity index (χ2v) is 3.43. The number of hydrogen-bond acceptors (Lipinski definition) is 6. The molecule has 8 heteroatoms. The molecule has 2 aromatic rings.